The molecule has 1 fully saturated rings. The normalized spacial score (nSPS) is 17.1. The van der Waals surface area contributed by atoms with Gasteiger partial charge in [0.1, 0.15) is 12.6 Å². The average molecular weight is 489 g/mol. The van der Waals surface area contributed by atoms with Crippen LogP contribution in [-0.2, 0) is 20.9 Å². The summed E-state index contributed by atoms with van der Waals surface area (Å²) < 4.78 is 5.81. The van der Waals surface area contributed by atoms with Crippen molar-refractivity contribution < 1.29 is 14.3 Å². The molecule has 4 heterocycles. The second kappa shape index (κ2) is 10.1. The summed E-state index contributed by atoms with van der Waals surface area (Å²) in [7, 11) is 0. The molecule has 0 aromatic carbocycles. The van der Waals surface area contributed by atoms with Gasteiger partial charge in [0.15, 0.2) is 0 Å². The maximum absolute atomic E-state index is 13.6. The summed E-state index contributed by atoms with van der Waals surface area (Å²) in [5.74, 6) is -0.00558. The van der Waals surface area contributed by atoms with Crippen LogP contribution in [0.25, 0.3) is 10.7 Å². The highest BCUT2D eigenvalue weighted by molar-refractivity contribution is 7.13. The topological polar surface area (TPSA) is 102 Å². The van der Waals surface area contributed by atoms with E-state index in [0.29, 0.717) is 19.0 Å². The fourth-order valence-electron chi connectivity index (χ4n) is 3.69. The SMILES string of the molecule is CC(C)(C)NC(=O)[C@@H](c1cccs1)N(C[C@@H]1CCCO1)C(=O)Cn1nnc(-c2cccs2)n1. The number of hydrogen-bond donors (Lipinski definition) is 1. The minimum absolute atomic E-state index is 0.107. The minimum atomic E-state index is -0.763. The lowest BCUT2D eigenvalue weighted by Crippen LogP contribution is -2.51. The summed E-state index contributed by atoms with van der Waals surface area (Å²) in [6.07, 6.45) is 1.69. The number of carbonyl (C=O) groups excluding carboxylic acids is 2. The molecule has 2 amide bonds. The third-order valence-corrected chi connectivity index (χ3v) is 6.88. The van der Waals surface area contributed by atoms with Crippen molar-refractivity contribution in [2.24, 2.45) is 0 Å². The van der Waals surface area contributed by atoms with Crippen LogP contribution in [0.1, 0.15) is 44.5 Å². The van der Waals surface area contributed by atoms with Crippen LogP contribution in [0, 0.1) is 0 Å². The highest BCUT2D eigenvalue weighted by Crippen LogP contribution is 2.29. The second-order valence-electron chi connectivity index (χ2n) is 8.96. The van der Waals surface area contributed by atoms with E-state index in [-0.39, 0.29) is 24.5 Å². The lowest BCUT2D eigenvalue weighted by atomic mass is 10.1. The molecule has 176 valence electrons. The molecule has 1 aliphatic rings. The van der Waals surface area contributed by atoms with E-state index in [1.807, 2.05) is 55.8 Å². The molecule has 9 nitrogen and oxygen atoms in total. The van der Waals surface area contributed by atoms with E-state index in [9.17, 15) is 9.59 Å². The zero-order valence-electron chi connectivity index (χ0n) is 18.9. The van der Waals surface area contributed by atoms with Gasteiger partial charge in [-0.05, 0) is 61.7 Å². The predicted molar refractivity (Wildman–Crippen MR) is 127 cm³/mol. The van der Waals surface area contributed by atoms with E-state index in [1.54, 1.807) is 4.90 Å². The highest BCUT2D eigenvalue weighted by Gasteiger charge is 2.36. The number of nitrogens with zero attached hydrogens (tertiary/aromatic N) is 5. The Bertz CT molecular complexity index is 1050. The van der Waals surface area contributed by atoms with E-state index in [0.717, 1.165) is 22.6 Å². The van der Waals surface area contributed by atoms with Gasteiger partial charge in [-0.1, -0.05) is 12.1 Å². The molecule has 0 radical (unpaired) electrons. The number of ether oxygens (including phenoxy) is 1. The fraction of sp³-hybridized carbons (Fsp3) is 0.500. The maximum atomic E-state index is 13.6. The quantitative estimate of drug-likeness (QED) is 0.523. The van der Waals surface area contributed by atoms with E-state index in [2.05, 4.69) is 20.7 Å². The maximum Gasteiger partial charge on any atom is 0.248 e. The summed E-state index contributed by atoms with van der Waals surface area (Å²) in [6.45, 7) is 6.65. The van der Waals surface area contributed by atoms with Crippen LogP contribution in [0.2, 0.25) is 0 Å². The molecule has 3 aromatic heterocycles. The molecule has 1 saturated heterocycles. The third-order valence-electron chi connectivity index (χ3n) is 5.09. The van der Waals surface area contributed by atoms with E-state index >= 15 is 0 Å². The standard InChI is InChI=1S/C22H28N6O3S2/c1-22(2,3)23-21(30)19(16-8-5-11-32-16)27(13-15-7-4-10-31-15)18(29)14-28-25-20(24-26-28)17-9-6-12-33-17/h5-6,8-9,11-12,15,19H,4,7,10,13-14H2,1-3H3,(H,23,30)/t15-,19+/m0/s1. The predicted octanol–water partition coefficient (Wildman–Crippen LogP) is 3.13. The van der Waals surface area contributed by atoms with Crippen molar-refractivity contribution in [1.82, 2.24) is 30.4 Å². The Morgan fingerprint density at radius 3 is 2.70 bits per heavy atom. The summed E-state index contributed by atoms with van der Waals surface area (Å²) in [5.41, 5.74) is -0.436. The number of tetrazole rings is 1. The molecule has 0 saturated carbocycles. The smallest absolute Gasteiger partial charge is 0.248 e. The van der Waals surface area contributed by atoms with Gasteiger partial charge in [-0.2, -0.15) is 4.80 Å². The number of thiophene rings is 2. The Balaban J connectivity index is 1.60. The Kier molecular flexibility index (Phi) is 7.20. The van der Waals surface area contributed by atoms with Crippen LogP contribution < -0.4 is 5.32 Å². The molecule has 1 N–H and O–H groups in total. The van der Waals surface area contributed by atoms with Crippen molar-refractivity contribution in [3.8, 4) is 10.7 Å². The van der Waals surface area contributed by atoms with Gasteiger partial charge in [0.25, 0.3) is 0 Å². The van der Waals surface area contributed by atoms with Gasteiger partial charge in [-0.3, -0.25) is 9.59 Å². The number of rotatable bonds is 8. The first-order valence-corrected chi connectivity index (χ1v) is 12.6. The number of amides is 2. The monoisotopic (exact) mass is 488 g/mol. The molecule has 1 aliphatic heterocycles. The third kappa shape index (κ3) is 6.04. The fourth-order valence-corrected chi connectivity index (χ4v) is 5.18. The van der Waals surface area contributed by atoms with Crippen LogP contribution >= 0.6 is 22.7 Å². The van der Waals surface area contributed by atoms with Crippen molar-refractivity contribution in [2.75, 3.05) is 13.2 Å². The number of carbonyl (C=O) groups is 2. The minimum Gasteiger partial charge on any atom is -0.376 e. The molecule has 0 spiro atoms. The van der Waals surface area contributed by atoms with Crippen LogP contribution in [0.15, 0.2) is 35.0 Å². The summed E-state index contributed by atoms with van der Waals surface area (Å²) in [5, 5.41) is 19.4. The van der Waals surface area contributed by atoms with Crippen LogP contribution in [0.3, 0.4) is 0 Å². The zero-order valence-corrected chi connectivity index (χ0v) is 20.6. The molecule has 0 unspecified atom stereocenters. The van der Waals surface area contributed by atoms with Crippen LogP contribution in [0.4, 0.5) is 0 Å². The van der Waals surface area contributed by atoms with Crippen LogP contribution in [0.5, 0.6) is 0 Å². The van der Waals surface area contributed by atoms with Crippen molar-refractivity contribution in [1.29, 1.82) is 0 Å². The highest BCUT2D eigenvalue weighted by atomic mass is 32.1. The van der Waals surface area contributed by atoms with Gasteiger partial charge < -0.3 is 15.0 Å². The van der Waals surface area contributed by atoms with E-state index in [4.69, 9.17) is 4.74 Å². The molecular formula is C22H28N6O3S2. The number of aromatic nitrogens is 4. The Morgan fingerprint density at radius 1 is 1.27 bits per heavy atom. The van der Waals surface area contributed by atoms with Crippen molar-refractivity contribution in [3.05, 3.63) is 39.9 Å². The molecule has 0 aliphatic carbocycles. The van der Waals surface area contributed by atoms with Gasteiger partial charge in [0.05, 0.1) is 11.0 Å². The van der Waals surface area contributed by atoms with Gasteiger partial charge in [-0.15, -0.1) is 32.9 Å². The first-order chi connectivity index (χ1) is 15.8. The van der Waals surface area contributed by atoms with E-state index in [1.165, 1.54) is 27.5 Å². The van der Waals surface area contributed by atoms with Crippen molar-refractivity contribution in [2.45, 2.75) is 57.8 Å². The summed E-state index contributed by atoms with van der Waals surface area (Å²) >= 11 is 2.96. The number of nitrogens with one attached hydrogen (secondary N) is 1. The largest absolute Gasteiger partial charge is 0.376 e. The van der Waals surface area contributed by atoms with Gasteiger partial charge in [0.2, 0.25) is 17.6 Å². The Morgan fingerprint density at radius 2 is 2.06 bits per heavy atom. The average Bonchev–Trinajstić information content (AvgIpc) is 3.54. The lowest BCUT2D eigenvalue weighted by molar-refractivity contribution is -0.144. The molecule has 0 bridgehead atoms. The zero-order chi connectivity index (χ0) is 23.4. The van der Waals surface area contributed by atoms with Gasteiger partial charge in [0, 0.05) is 23.6 Å². The summed E-state index contributed by atoms with van der Waals surface area (Å²) in [6, 6.07) is 6.82. The Hall–Kier alpha value is -2.63. The molecular weight excluding hydrogens is 460 g/mol. The van der Waals surface area contributed by atoms with Crippen LogP contribution in [-0.4, -0.2) is 61.7 Å². The molecule has 4 rings (SSSR count). The first-order valence-electron chi connectivity index (χ1n) is 10.9. The first kappa shape index (κ1) is 23.5. The Labute approximate surface area is 200 Å². The number of hydrogen-bond acceptors (Lipinski definition) is 8. The van der Waals surface area contributed by atoms with Gasteiger partial charge in [-0.25, -0.2) is 0 Å². The van der Waals surface area contributed by atoms with Gasteiger partial charge >= 0.3 is 0 Å². The molecule has 2 atom stereocenters. The molecule has 11 heteroatoms. The molecule has 33 heavy (non-hydrogen) atoms. The second-order valence-corrected chi connectivity index (χ2v) is 10.9. The summed E-state index contributed by atoms with van der Waals surface area (Å²) in [4.78, 5) is 31.5. The lowest BCUT2D eigenvalue weighted by Gasteiger charge is -2.34. The molecule has 3 aromatic rings. The van der Waals surface area contributed by atoms with E-state index < -0.39 is 11.6 Å². The van der Waals surface area contributed by atoms with Crippen molar-refractivity contribution >= 4 is 34.5 Å². The van der Waals surface area contributed by atoms with Crippen molar-refractivity contribution in [3.63, 3.8) is 0 Å².